The summed E-state index contributed by atoms with van der Waals surface area (Å²) in [4.78, 5) is 2.17. The summed E-state index contributed by atoms with van der Waals surface area (Å²) in [6, 6.07) is 14.2. The van der Waals surface area contributed by atoms with Gasteiger partial charge in [0.1, 0.15) is 11.5 Å². The fourth-order valence-electron chi connectivity index (χ4n) is 1.61. The lowest BCUT2D eigenvalue weighted by Gasteiger charge is -2.04. The second kappa shape index (κ2) is 8.87. The molecule has 3 nitrogen and oxygen atoms in total. The molecule has 2 N–H and O–H groups in total. The van der Waals surface area contributed by atoms with Gasteiger partial charge in [0.2, 0.25) is 0 Å². The fraction of sp³-hybridized carbons (Fsp3) is 0.250. The van der Waals surface area contributed by atoms with Gasteiger partial charge < -0.3 is 14.4 Å². The SMILES string of the molecule is Oc1ccc(SCCCCOSc2ccc(O)cc2)cc1. The molecule has 2 aromatic rings. The van der Waals surface area contributed by atoms with Gasteiger partial charge in [-0.05, 0) is 67.1 Å². The van der Waals surface area contributed by atoms with Crippen molar-refractivity contribution in [3.05, 3.63) is 48.5 Å². The highest BCUT2D eigenvalue weighted by Crippen LogP contribution is 2.23. The molecule has 0 aliphatic carbocycles. The summed E-state index contributed by atoms with van der Waals surface area (Å²) < 4.78 is 5.52. The summed E-state index contributed by atoms with van der Waals surface area (Å²) in [5, 5.41) is 18.4. The molecule has 2 rings (SSSR count). The normalized spacial score (nSPS) is 10.7. The summed E-state index contributed by atoms with van der Waals surface area (Å²) in [6.45, 7) is 0.710. The predicted molar refractivity (Wildman–Crippen MR) is 88.0 cm³/mol. The van der Waals surface area contributed by atoms with Gasteiger partial charge in [-0.1, -0.05) is 0 Å². The Hall–Kier alpha value is -1.30. The summed E-state index contributed by atoms with van der Waals surface area (Å²) in [7, 11) is 0. The number of rotatable bonds is 8. The van der Waals surface area contributed by atoms with E-state index in [4.69, 9.17) is 9.29 Å². The minimum Gasteiger partial charge on any atom is -0.508 e. The van der Waals surface area contributed by atoms with Crippen molar-refractivity contribution < 1.29 is 14.4 Å². The maximum Gasteiger partial charge on any atom is 0.115 e. The molecule has 2 aromatic carbocycles. The quantitative estimate of drug-likeness (QED) is 0.419. The number of hydrogen-bond donors (Lipinski definition) is 2. The van der Waals surface area contributed by atoms with Gasteiger partial charge in [-0.3, -0.25) is 0 Å². The monoisotopic (exact) mass is 322 g/mol. The molecule has 0 amide bonds. The van der Waals surface area contributed by atoms with Crippen molar-refractivity contribution in [1.82, 2.24) is 0 Å². The highest BCUT2D eigenvalue weighted by atomic mass is 32.2. The molecule has 0 saturated heterocycles. The van der Waals surface area contributed by atoms with Crippen LogP contribution in [0.25, 0.3) is 0 Å². The van der Waals surface area contributed by atoms with E-state index < -0.39 is 0 Å². The highest BCUT2D eigenvalue weighted by molar-refractivity contribution is 7.99. The maximum absolute atomic E-state index is 9.19. The zero-order valence-corrected chi connectivity index (χ0v) is 13.2. The molecular formula is C16H18O3S2. The van der Waals surface area contributed by atoms with Crippen LogP contribution in [0.5, 0.6) is 11.5 Å². The third-order valence-corrected chi connectivity index (χ3v) is 4.57. The van der Waals surface area contributed by atoms with Gasteiger partial charge in [0.05, 0.1) is 6.61 Å². The summed E-state index contributed by atoms with van der Waals surface area (Å²) in [6.07, 6.45) is 2.10. The zero-order valence-electron chi connectivity index (χ0n) is 11.6. The van der Waals surface area contributed by atoms with E-state index in [1.807, 2.05) is 24.3 Å². The van der Waals surface area contributed by atoms with Crippen LogP contribution in [0.1, 0.15) is 12.8 Å². The number of unbranched alkanes of at least 4 members (excludes halogenated alkanes) is 1. The van der Waals surface area contributed by atoms with Crippen molar-refractivity contribution in [3.8, 4) is 11.5 Å². The topological polar surface area (TPSA) is 49.7 Å². The van der Waals surface area contributed by atoms with Crippen LogP contribution in [-0.2, 0) is 4.18 Å². The van der Waals surface area contributed by atoms with Crippen LogP contribution >= 0.6 is 23.8 Å². The molecule has 0 aromatic heterocycles. The molecule has 112 valence electrons. The minimum atomic E-state index is 0.269. The van der Waals surface area contributed by atoms with Gasteiger partial charge >= 0.3 is 0 Å². The van der Waals surface area contributed by atoms with Crippen LogP contribution in [0.15, 0.2) is 58.3 Å². The number of hydrogen-bond acceptors (Lipinski definition) is 5. The molecule has 21 heavy (non-hydrogen) atoms. The summed E-state index contributed by atoms with van der Waals surface area (Å²) in [5.41, 5.74) is 0. The largest absolute Gasteiger partial charge is 0.508 e. The summed E-state index contributed by atoms with van der Waals surface area (Å²) >= 11 is 3.12. The molecule has 0 saturated carbocycles. The van der Waals surface area contributed by atoms with E-state index in [9.17, 15) is 5.11 Å². The van der Waals surface area contributed by atoms with Crippen molar-refractivity contribution in [3.63, 3.8) is 0 Å². The van der Waals surface area contributed by atoms with E-state index in [0.29, 0.717) is 12.4 Å². The van der Waals surface area contributed by atoms with Gasteiger partial charge in [-0.2, -0.15) is 0 Å². The molecule has 0 bridgehead atoms. The molecule has 0 aliphatic heterocycles. The van der Waals surface area contributed by atoms with Crippen LogP contribution < -0.4 is 0 Å². The third kappa shape index (κ3) is 6.33. The lowest BCUT2D eigenvalue weighted by atomic mass is 10.3. The fourth-order valence-corrected chi connectivity index (χ4v) is 3.10. The van der Waals surface area contributed by atoms with E-state index >= 15 is 0 Å². The van der Waals surface area contributed by atoms with Crippen molar-refractivity contribution >= 4 is 23.8 Å². The number of aromatic hydroxyl groups is 2. The second-order valence-electron chi connectivity index (χ2n) is 4.45. The molecule has 0 unspecified atom stereocenters. The number of phenols is 2. The second-order valence-corrected chi connectivity index (χ2v) is 6.49. The first kappa shape index (κ1) is 16.1. The van der Waals surface area contributed by atoms with Crippen LogP contribution in [0.4, 0.5) is 0 Å². The van der Waals surface area contributed by atoms with Gasteiger partial charge in [0.25, 0.3) is 0 Å². The Bertz CT molecular complexity index is 477. The lowest BCUT2D eigenvalue weighted by Crippen LogP contribution is -1.89. The first-order valence-corrected chi connectivity index (χ1v) is 8.47. The maximum atomic E-state index is 9.19. The van der Waals surface area contributed by atoms with Crippen LogP contribution in [0.2, 0.25) is 0 Å². The van der Waals surface area contributed by atoms with Crippen LogP contribution in [-0.4, -0.2) is 22.6 Å². The van der Waals surface area contributed by atoms with E-state index in [-0.39, 0.29) is 5.75 Å². The van der Waals surface area contributed by atoms with Gasteiger partial charge in [-0.25, -0.2) is 0 Å². The Kier molecular flexibility index (Phi) is 6.79. The first-order valence-electron chi connectivity index (χ1n) is 6.74. The van der Waals surface area contributed by atoms with E-state index in [0.717, 1.165) is 23.5 Å². The smallest absolute Gasteiger partial charge is 0.115 e. The average Bonchev–Trinajstić information content (AvgIpc) is 2.50. The Morgan fingerprint density at radius 2 is 1.33 bits per heavy atom. The Morgan fingerprint density at radius 3 is 1.95 bits per heavy atom. The van der Waals surface area contributed by atoms with Crippen LogP contribution in [0.3, 0.4) is 0 Å². The molecule has 0 aliphatic rings. The van der Waals surface area contributed by atoms with E-state index in [1.165, 1.54) is 16.9 Å². The molecule has 0 atom stereocenters. The van der Waals surface area contributed by atoms with Gasteiger partial charge in [-0.15, -0.1) is 11.8 Å². The van der Waals surface area contributed by atoms with Gasteiger partial charge in [0.15, 0.2) is 0 Å². The number of phenolic OH excluding ortho intramolecular Hbond substituents is 2. The van der Waals surface area contributed by atoms with Crippen molar-refractivity contribution in [2.45, 2.75) is 22.6 Å². The standard InChI is InChI=1S/C16H18O3S2/c17-13-3-7-15(8-4-13)20-12-2-1-11-19-21-16-9-5-14(18)6-10-16/h3-10,17-18H,1-2,11-12H2. The lowest BCUT2D eigenvalue weighted by molar-refractivity contribution is 0.363. The van der Waals surface area contributed by atoms with E-state index in [1.54, 1.807) is 36.0 Å². The molecule has 0 heterocycles. The van der Waals surface area contributed by atoms with Crippen molar-refractivity contribution in [1.29, 1.82) is 0 Å². The van der Waals surface area contributed by atoms with Gasteiger partial charge in [0, 0.05) is 21.8 Å². The molecule has 0 radical (unpaired) electrons. The number of thioether (sulfide) groups is 1. The predicted octanol–water partition coefficient (Wildman–Crippen LogP) is 4.69. The zero-order chi connectivity index (χ0) is 14.9. The van der Waals surface area contributed by atoms with E-state index in [2.05, 4.69) is 0 Å². The Labute approximate surface area is 133 Å². The van der Waals surface area contributed by atoms with Crippen molar-refractivity contribution in [2.75, 3.05) is 12.4 Å². The third-order valence-electron chi connectivity index (χ3n) is 2.72. The first-order chi connectivity index (χ1) is 10.2. The molecule has 0 fully saturated rings. The highest BCUT2D eigenvalue weighted by Gasteiger charge is 1.97. The Balaban J connectivity index is 1.52. The van der Waals surface area contributed by atoms with Crippen LogP contribution in [0, 0.1) is 0 Å². The average molecular weight is 322 g/mol. The molecule has 0 spiro atoms. The minimum absolute atomic E-state index is 0.269. The Morgan fingerprint density at radius 1 is 0.762 bits per heavy atom. The molecular weight excluding hydrogens is 304 g/mol. The molecule has 5 heteroatoms. The van der Waals surface area contributed by atoms with Crippen molar-refractivity contribution in [2.24, 2.45) is 0 Å². The number of benzene rings is 2. The summed E-state index contributed by atoms with van der Waals surface area (Å²) in [5.74, 6) is 1.61.